The number of para-hydroxylation sites is 1. The molecule has 0 aliphatic carbocycles. The van der Waals surface area contributed by atoms with Crippen molar-refractivity contribution in [1.82, 2.24) is 10.2 Å². The van der Waals surface area contributed by atoms with Crippen LogP contribution >= 0.6 is 0 Å². The fourth-order valence-corrected chi connectivity index (χ4v) is 3.98. The van der Waals surface area contributed by atoms with E-state index in [4.69, 9.17) is 4.74 Å². The maximum absolute atomic E-state index is 13.1. The van der Waals surface area contributed by atoms with Crippen LogP contribution in [0, 0.1) is 5.92 Å². The molecule has 0 spiro atoms. The van der Waals surface area contributed by atoms with Gasteiger partial charge in [-0.2, -0.15) is 0 Å². The highest BCUT2D eigenvalue weighted by Gasteiger charge is 2.29. The number of hydrogen-bond acceptors (Lipinski definition) is 3. The van der Waals surface area contributed by atoms with Gasteiger partial charge in [0.25, 0.3) is 5.91 Å². The summed E-state index contributed by atoms with van der Waals surface area (Å²) < 4.78 is 5.35. The van der Waals surface area contributed by atoms with Gasteiger partial charge in [0.15, 0.2) is 0 Å². The average Bonchev–Trinajstić information content (AvgIpc) is 3.01. The molecule has 158 valence electrons. The minimum absolute atomic E-state index is 0.0116. The smallest absolute Gasteiger partial charge is 0.257 e. The van der Waals surface area contributed by atoms with Crippen molar-refractivity contribution in [2.75, 3.05) is 26.7 Å². The number of carbonyl (C=O) groups is 2. The molecule has 1 aliphatic heterocycles. The first-order valence-corrected chi connectivity index (χ1v) is 10.5. The van der Waals surface area contributed by atoms with E-state index in [1.54, 1.807) is 24.1 Å². The van der Waals surface area contributed by atoms with Crippen LogP contribution < -0.4 is 10.1 Å². The maximum Gasteiger partial charge on any atom is 0.257 e. The highest BCUT2D eigenvalue weighted by atomic mass is 16.5. The monoisotopic (exact) mass is 414 g/mol. The summed E-state index contributed by atoms with van der Waals surface area (Å²) in [6.07, 6.45) is 0.580. The Bertz CT molecular complexity index is 1050. The van der Waals surface area contributed by atoms with Gasteiger partial charge in [0.1, 0.15) is 5.75 Å². The van der Waals surface area contributed by atoms with Crippen molar-refractivity contribution in [3.8, 4) is 16.9 Å². The summed E-state index contributed by atoms with van der Waals surface area (Å²) in [7, 11) is 1.56. The maximum atomic E-state index is 13.1. The average molecular weight is 415 g/mol. The van der Waals surface area contributed by atoms with E-state index in [-0.39, 0.29) is 17.7 Å². The van der Waals surface area contributed by atoms with Crippen LogP contribution in [-0.4, -0.2) is 43.5 Å². The summed E-state index contributed by atoms with van der Waals surface area (Å²) >= 11 is 0. The Kier molecular flexibility index (Phi) is 6.32. The number of carbonyl (C=O) groups excluding carboxylic acids is 2. The number of ether oxygens (including phenoxy) is 1. The van der Waals surface area contributed by atoms with E-state index < -0.39 is 0 Å². The van der Waals surface area contributed by atoms with Crippen LogP contribution in [0.3, 0.4) is 0 Å². The third kappa shape index (κ3) is 4.77. The molecule has 3 aromatic carbocycles. The van der Waals surface area contributed by atoms with E-state index in [1.165, 1.54) is 0 Å². The highest BCUT2D eigenvalue weighted by molar-refractivity contribution is 5.97. The minimum Gasteiger partial charge on any atom is -0.496 e. The topological polar surface area (TPSA) is 58.6 Å². The Labute approximate surface area is 182 Å². The standard InChI is InChI=1S/C26H26N2O3/c1-31-24-10-6-5-9-23(24)26(30)28-16-15-27-25(29)22(18-28)17-19-11-13-21(14-12-19)20-7-3-2-4-8-20/h2-14,22H,15-18H2,1H3,(H,27,29)/t22-/m0/s1. The van der Waals surface area contributed by atoms with Gasteiger partial charge in [-0.3, -0.25) is 9.59 Å². The van der Waals surface area contributed by atoms with Crippen molar-refractivity contribution in [3.05, 3.63) is 90.0 Å². The molecule has 0 unspecified atom stereocenters. The summed E-state index contributed by atoms with van der Waals surface area (Å²) in [5, 5.41) is 2.95. The van der Waals surface area contributed by atoms with Crippen molar-refractivity contribution in [1.29, 1.82) is 0 Å². The summed E-state index contributed by atoms with van der Waals surface area (Å²) in [6, 6.07) is 25.7. The van der Waals surface area contributed by atoms with E-state index in [1.807, 2.05) is 30.3 Å². The first kappa shape index (κ1) is 20.7. The lowest BCUT2D eigenvalue weighted by atomic mass is 9.96. The number of rotatable bonds is 5. The summed E-state index contributed by atoms with van der Waals surface area (Å²) in [4.78, 5) is 27.6. The molecule has 0 aromatic heterocycles. The fraction of sp³-hybridized carbons (Fsp3) is 0.231. The number of benzene rings is 3. The van der Waals surface area contributed by atoms with Gasteiger partial charge in [-0.1, -0.05) is 66.7 Å². The van der Waals surface area contributed by atoms with Crippen LogP contribution in [0.4, 0.5) is 0 Å². The normalized spacial score (nSPS) is 16.4. The van der Waals surface area contributed by atoms with Crippen LogP contribution in [0.5, 0.6) is 5.75 Å². The number of amides is 2. The second-order valence-corrected chi connectivity index (χ2v) is 7.71. The fourth-order valence-electron chi connectivity index (χ4n) is 3.98. The molecule has 1 aliphatic rings. The van der Waals surface area contributed by atoms with Crippen molar-refractivity contribution in [2.24, 2.45) is 5.92 Å². The van der Waals surface area contributed by atoms with E-state index >= 15 is 0 Å². The molecule has 1 saturated heterocycles. The number of hydrogen-bond donors (Lipinski definition) is 1. The molecular formula is C26H26N2O3. The van der Waals surface area contributed by atoms with Gasteiger partial charge in [0.05, 0.1) is 18.6 Å². The quantitative estimate of drug-likeness (QED) is 0.691. The van der Waals surface area contributed by atoms with Gasteiger partial charge in [-0.25, -0.2) is 0 Å². The van der Waals surface area contributed by atoms with Gasteiger partial charge in [0.2, 0.25) is 5.91 Å². The number of nitrogens with one attached hydrogen (secondary N) is 1. The van der Waals surface area contributed by atoms with Crippen LogP contribution in [0.15, 0.2) is 78.9 Å². The third-order valence-corrected chi connectivity index (χ3v) is 5.66. The van der Waals surface area contributed by atoms with Crippen molar-refractivity contribution < 1.29 is 14.3 Å². The van der Waals surface area contributed by atoms with Gasteiger partial charge < -0.3 is 15.0 Å². The lowest BCUT2D eigenvalue weighted by Crippen LogP contribution is -2.37. The van der Waals surface area contributed by atoms with Crippen LogP contribution in [0.1, 0.15) is 15.9 Å². The van der Waals surface area contributed by atoms with Crippen molar-refractivity contribution in [3.63, 3.8) is 0 Å². The molecule has 2 amide bonds. The predicted molar refractivity (Wildman–Crippen MR) is 121 cm³/mol. The molecular weight excluding hydrogens is 388 g/mol. The Balaban J connectivity index is 1.49. The zero-order valence-electron chi connectivity index (χ0n) is 17.6. The second-order valence-electron chi connectivity index (χ2n) is 7.71. The Hall–Kier alpha value is -3.60. The Morgan fingerprint density at radius 3 is 2.39 bits per heavy atom. The van der Waals surface area contributed by atoms with Gasteiger partial charge in [-0.15, -0.1) is 0 Å². The number of nitrogens with zero attached hydrogens (tertiary/aromatic N) is 1. The second kappa shape index (κ2) is 9.47. The zero-order chi connectivity index (χ0) is 21.6. The molecule has 5 heteroatoms. The predicted octanol–water partition coefficient (Wildman–Crippen LogP) is 3.79. The molecule has 1 N–H and O–H groups in total. The van der Waals surface area contributed by atoms with Gasteiger partial charge >= 0.3 is 0 Å². The largest absolute Gasteiger partial charge is 0.496 e. The Morgan fingerprint density at radius 2 is 1.65 bits per heavy atom. The van der Waals surface area contributed by atoms with Gasteiger partial charge in [-0.05, 0) is 35.2 Å². The first-order chi connectivity index (χ1) is 15.2. The zero-order valence-corrected chi connectivity index (χ0v) is 17.6. The summed E-state index contributed by atoms with van der Waals surface area (Å²) in [6.45, 7) is 1.30. The molecule has 0 bridgehead atoms. The van der Waals surface area contributed by atoms with Crippen LogP contribution in [0.2, 0.25) is 0 Å². The third-order valence-electron chi connectivity index (χ3n) is 5.66. The molecule has 5 nitrogen and oxygen atoms in total. The first-order valence-electron chi connectivity index (χ1n) is 10.5. The molecule has 1 heterocycles. The van der Waals surface area contributed by atoms with E-state index in [0.717, 1.165) is 16.7 Å². The molecule has 31 heavy (non-hydrogen) atoms. The summed E-state index contributed by atoms with van der Waals surface area (Å²) in [5.41, 5.74) is 3.90. The molecule has 0 radical (unpaired) electrons. The highest BCUT2D eigenvalue weighted by Crippen LogP contribution is 2.23. The van der Waals surface area contributed by atoms with Crippen LogP contribution in [0.25, 0.3) is 11.1 Å². The van der Waals surface area contributed by atoms with Crippen molar-refractivity contribution in [2.45, 2.75) is 6.42 Å². The lowest BCUT2D eigenvalue weighted by Gasteiger charge is -2.24. The SMILES string of the molecule is COc1ccccc1C(=O)N1CCNC(=O)[C@@H](Cc2ccc(-c3ccccc3)cc2)C1. The lowest BCUT2D eigenvalue weighted by molar-refractivity contribution is -0.124. The molecule has 3 aromatic rings. The molecule has 0 saturated carbocycles. The molecule has 1 atom stereocenters. The number of methoxy groups -OCH3 is 1. The van der Waals surface area contributed by atoms with Gasteiger partial charge in [0, 0.05) is 19.6 Å². The summed E-state index contributed by atoms with van der Waals surface area (Å²) in [5.74, 6) is 0.119. The van der Waals surface area contributed by atoms with E-state index in [9.17, 15) is 9.59 Å². The van der Waals surface area contributed by atoms with E-state index in [2.05, 4.69) is 41.7 Å². The molecule has 4 rings (SSSR count). The van der Waals surface area contributed by atoms with Crippen LogP contribution in [-0.2, 0) is 11.2 Å². The minimum atomic E-state index is -0.302. The Morgan fingerprint density at radius 1 is 0.968 bits per heavy atom. The molecule has 1 fully saturated rings. The van der Waals surface area contributed by atoms with E-state index in [0.29, 0.717) is 37.4 Å². The van der Waals surface area contributed by atoms with Crippen molar-refractivity contribution >= 4 is 11.8 Å².